The molecule has 0 aliphatic rings. The molecule has 4 nitrogen and oxygen atoms in total. The van der Waals surface area contributed by atoms with E-state index in [0.29, 0.717) is 6.54 Å². The van der Waals surface area contributed by atoms with Crippen molar-refractivity contribution in [1.82, 2.24) is 10.6 Å². The van der Waals surface area contributed by atoms with Crippen LogP contribution in [0.2, 0.25) is 0 Å². The van der Waals surface area contributed by atoms with Gasteiger partial charge >= 0.3 is 6.03 Å². The third-order valence-corrected chi connectivity index (χ3v) is 3.72. The third kappa shape index (κ3) is 6.43. The van der Waals surface area contributed by atoms with Crippen molar-refractivity contribution in [3.63, 3.8) is 0 Å². The van der Waals surface area contributed by atoms with E-state index in [4.69, 9.17) is 0 Å². The lowest BCUT2D eigenvalue weighted by Crippen LogP contribution is -2.41. The molecule has 2 aromatic rings. The fraction of sp³-hybridized carbons (Fsp3) is 0.316. The molecule has 1 unspecified atom stereocenters. The van der Waals surface area contributed by atoms with E-state index in [1.807, 2.05) is 37.3 Å². The van der Waals surface area contributed by atoms with Gasteiger partial charge in [0.15, 0.2) is 0 Å². The predicted molar refractivity (Wildman–Crippen MR) is 92.6 cm³/mol. The number of phenols is 1. The van der Waals surface area contributed by atoms with Crippen LogP contribution in [0.5, 0.6) is 5.75 Å². The highest BCUT2D eigenvalue weighted by atomic mass is 16.3. The maximum atomic E-state index is 11.8. The first-order valence-corrected chi connectivity index (χ1v) is 7.99. The number of carbonyl (C=O) groups is 1. The lowest BCUT2D eigenvalue weighted by molar-refractivity contribution is 0.237. The number of carbonyl (C=O) groups excluding carboxylic acids is 1. The minimum Gasteiger partial charge on any atom is -0.508 e. The topological polar surface area (TPSA) is 61.4 Å². The predicted octanol–water partition coefficient (Wildman–Crippen LogP) is 3.26. The van der Waals surface area contributed by atoms with Crippen molar-refractivity contribution < 1.29 is 9.90 Å². The van der Waals surface area contributed by atoms with Gasteiger partial charge in [0.1, 0.15) is 5.75 Å². The highest BCUT2D eigenvalue weighted by molar-refractivity contribution is 5.74. The molecule has 0 aromatic heterocycles. The van der Waals surface area contributed by atoms with Gasteiger partial charge in [-0.15, -0.1) is 0 Å². The van der Waals surface area contributed by atoms with Crippen LogP contribution in [0.4, 0.5) is 4.79 Å². The molecule has 2 aromatic carbocycles. The monoisotopic (exact) mass is 312 g/mol. The van der Waals surface area contributed by atoms with Gasteiger partial charge in [-0.2, -0.15) is 0 Å². The molecule has 4 heteroatoms. The largest absolute Gasteiger partial charge is 0.508 e. The SMILES string of the molecule is CC(CCc1ccc(O)cc1)NC(=O)NCCc1ccccc1. The number of aryl methyl sites for hydroxylation is 1. The quantitative estimate of drug-likeness (QED) is 0.735. The highest BCUT2D eigenvalue weighted by Crippen LogP contribution is 2.11. The summed E-state index contributed by atoms with van der Waals surface area (Å²) in [6, 6.07) is 17.2. The molecule has 0 saturated heterocycles. The zero-order valence-corrected chi connectivity index (χ0v) is 13.5. The molecule has 23 heavy (non-hydrogen) atoms. The van der Waals surface area contributed by atoms with Crippen LogP contribution in [-0.2, 0) is 12.8 Å². The van der Waals surface area contributed by atoms with E-state index in [9.17, 15) is 9.90 Å². The Balaban J connectivity index is 1.63. The number of nitrogens with one attached hydrogen (secondary N) is 2. The summed E-state index contributed by atoms with van der Waals surface area (Å²) in [5, 5.41) is 15.1. The van der Waals surface area contributed by atoms with Crippen LogP contribution in [0.3, 0.4) is 0 Å². The van der Waals surface area contributed by atoms with E-state index in [-0.39, 0.29) is 17.8 Å². The number of hydrogen-bond donors (Lipinski definition) is 3. The van der Waals surface area contributed by atoms with Crippen molar-refractivity contribution in [3.05, 3.63) is 65.7 Å². The normalized spacial score (nSPS) is 11.7. The van der Waals surface area contributed by atoms with Crippen LogP contribution in [0.1, 0.15) is 24.5 Å². The summed E-state index contributed by atoms with van der Waals surface area (Å²) in [7, 11) is 0. The molecule has 0 heterocycles. The van der Waals surface area contributed by atoms with Crippen LogP contribution < -0.4 is 10.6 Å². The minimum atomic E-state index is -0.126. The van der Waals surface area contributed by atoms with Gasteiger partial charge in [0, 0.05) is 12.6 Å². The number of benzene rings is 2. The fourth-order valence-electron chi connectivity index (χ4n) is 2.36. The van der Waals surface area contributed by atoms with E-state index in [2.05, 4.69) is 22.8 Å². The second-order valence-electron chi connectivity index (χ2n) is 5.74. The van der Waals surface area contributed by atoms with Gasteiger partial charge in [-0.1, -0.05) is 42.5 Å². The average molecular weight is 312 g/mol. The fourth-order valence-corrected chi connectivity index (χ4v) is 2.36. The molecule has 0 saturated carbocycles. The zero-order chi connectivity index (χ0) is 16.5. The van der Waals surface area contributed by atoms with Crippen molar-refractivity contribution in [1.29, 1.82) is 0 Å². The first kappa shape index (κ1) is 16.9. The number of urea groups is 1. The summed E-state index contributed by atoms with van der Waals surface area (Å²) in [4.78, 5) is 11.8. The van der Waals surface area contributed by atoms with Gasteiger partial charge in [-0.05, 0) is 49.4 Å². The maximum Gasteiger partial charge on any atom is 0.315 e. The van der Waals surface area contributed by atoms with Crippen molar-refractivity contribution in [2.75, 3.05) is 6.54 Å². The van der Waals surface area contributed by atoms with Gasteiger partial charge in [0.2, 0.25) is 0 Å². The molecule has 0 fully saturated rings. The Morgan fingerprint density at radius 2 is 1.65 bits per heavy atom. The van der Waals surface area contributed by atoms with Crippen LogP contribution in [0.25, 0.3) is 0 Å². The number of aromatic hydroxyl groups is 1. The molecule has 122 valence electrons. The van der Waals surface area contributed by atoms with Gasteiger partial charge in [-0.25, -0.2) is 4.79 Å². The van der Waals surface area contributed by atoms with E-state index in [1.54, 1.807) is 12.1 Å². The number of rotatable bonds is 7. The molecule has 2 rings (SSSR count). The molecule has 0 aliphatic heterocycles. The second kappa shape index (κ2) is 8.83. The molecule has 0 spiro atoms. The lowest BCUT2D eigenvalue weighted by Gasteiger charge is -2.14. The second-order valence-corrected chi connectivity index (χ2v) is 5.74. The molecule has 1 atom stereocenters. The van der Waals surface area contributed by atoms with Crippen molar-refractivity contribution in [2.24, 2.45) is 0 Å². The zero-order valence-electron chi connectivity index (χ0n) is 13.5. The Hall–Kier alpha value is -2.49. The van der Waals surface area contributed by atoms with Crippen molar-refractivity contribution in [3.8, 4) is 5.75 Å². The summed E-state index contributed by atoms with van der Waals surface area (Å²) in [5.74, 6) is 0.276. The summed E-state index contributed by atoms with van der Waals surface area (Å²) in [6.45, 7) is 2.62. The van der Waals surface area contributed by atoms with Crippen LogP contribution in [0, 0.1) is 0 Å². The van der Waals surface area contributed by atoms with Gasteiger partial charge in [0.25, 0.3) is 0 Å². The standard InChI is InChI=1S/C19H24N2O2/c1-15(7-8-17-9-11-18(22)12-10-17)21-19(23)20-14-13-16-5-3-2-4-6-16/h2-6,9-12,15,22H,7-8,13-14H2,1H3,(H2,20,21,23). The smallest absolute Gasteiger partial charge is 0.315 e. The molecular formula is C19H24N2O2. The summed E-state index contributed by atoms with van der Waals surface area (Å²) in [6.07, 6.45) is 2.55. The van der Waals surface area contributed by atoms with Gasteiger partial charge < -0.3 is 15.7 Å². The van der Waals surface area contributed by atoms with E-state index < -0.39 is 0 Å². The van der Waals surface area contributed by atoms with Crippen molar-refractivity contribution >= 4 is 6.03 Å². The summed E-state index contributed by atoms with van der Waals surface area (Å²) < 4.78 is 0. The number of phenolic OH excluding ortho intramolecular Hbond substituents is 1. The average Bonchev–Trinajstić information content (AvgIpc) is 2.55. The van der Waals surface area contributed by atoms with Crippen molar-refractivity contribution in [2.45, 2.75) is 32.2 Å². The van der Waals surface area contributed by atoms with Crippen LogP contribution in [-0.4, -0.2) is 23.7 Å². The van der Waals surface area contributed by atoms with E-state index in [1.165, 1.54) is 5.56 Å². The first-order chi connectivity index (χ1) is 11.1. The highest BCUT2D eigenvalue weighted by Gasteiger charge is 2.07. The lowest BCUT2D eigenvalue weighted by atomic mass is 10.1. The number of amides is 2. The number of hydrogen-bond acceptors (Lipinski definition) is 2. The molecule has 0 bridgehead atoms. The Kier molecular flexibility index (Phi) is 6.48. The Morgan fingerprint density at radius 1 is 1.00 bits per heavy atom. The molecule has 0 radical (unpaired) electrons. The molecule has 0 aliphatic carbocycles. The summed E-state index contributed by atoms with van der Waals surface area (Å²) >= 11 is 0. The van der Waals surface area contributed by atoms with E-state index in [0.717, 1.165) is 24.8 Å². The Bertz CT molecular complexity index is 597. The van der Waals surface area contributed by atoms with E-state index >= 15 is 0 Å². The molecule has 2 amide bonds. The van der Waals surface area contributed by atoms with Crippen LogP contribution in [0.15, 0.2) is 54.6 Å². The van der Waals surface area contributed by atoms with Crippen LogP contribution >= 0.6 is 0 Å². The van der Waals surface area contributed by atoms with Gasteiger partial charge in [0.05, 0.1) is 0 Å². The third-order valence-electron chi connectivity index (χ3n) is 3.72. The molecule has 3 N–H and O–H groups in total. The van der Waals surface area contributed by atoms with Gasteiger partial charge in [-0.3, -0.25) is 0 Å². The molecular weight excluding hydrogens is 288 g/mol. The summed E-state index contributed by atoms with van der Waals surface area (Å²) in [5.41, 5.74) is 2.37. The minimum absolute atomic E-state index is 0.0977. The maximum absolute atomic E-state index is 11.8. The Morgan fingerprint density at radius 3 is 2.35 bits per heavy atom. The Labute approximate surface area is 137 Å². The first-order valence-electron chi connectivity index (χ1n) is 7.99.